The Labute approximate surface area is 215 Å². The van der Waals surface area contributed by atoms with Crippen molar-refractivity contribution in [3.8, 4) is 5.75 Å². The summed E-state index contributed by atoms with van der Waals surface area (Å²) >= 11 is 6.37. The highest BCUT2D eigenvalue weighted by Gasteiger charge is 2.35. The first-order valence-electron chi connectivity index (χ1n) is 12.4. The highest BCUT2D eigenvalue weighted by molar-refractivity contribution is 6.32. The van der Waals surface area contributed by atoms with Crippen molar-refractivity contribution >= 4 is 22.5 Å². The molecule has 0 spiro atoms. The Balaban J connectivity index is 1.33. The molecular weight excluding hydrogens is 489 g/mol. The lowest BCUT2D eigenvalue weighted by Gasteiger charge is -2.41. The van der Waals surface area contributed by atoms with Gasteiger partial charge in [0.2, 0.25) is 0 Å². The van der Waals surface area contributed by atoms with E-state index in [4.69, 9.17) is 16.3 Å². The van der Waals surface area contributed by atoms with E-state index in [1.165, 1.54) is 12.3 Å². The molecule has 1 fully saturated rings. The van der Waals surface area contributed by atoms with Crippen LogP contribution in [0.3, 0.4) is 0 Å². The average Bonchev–Trinajstić information content (AvgIpc) is 2.90. The average molecular weight is 521 g/mol. The number of alkyl halides is 1. The molecular formula is C28H32ClF3N2O2. The highest BCUT2D eigenvalue weighted by Crippen LogP contribution is 2.42. The highest BCUT2D eigenvalue weighted by atomic mass is 35.5. The number of hydrogen-bond donors (Lipinski definition) is 1. The van der Waals surface area contributed by atoms with Gasteiger partial charge in [0, 0.05) is 23.8 Å². The third-order valence-corrected chi connectivity index (χ3v) is 7.81. The molecule has 0 amide bonds. The molecule has 194 valence electrons. The van der Waals surface area contributed by atoms with Gasteiger partial charge in [-0.1, -0.05) is 23.7 Å². The topological polar surface area (TPSA) is 45.6 Å². The standard InChI is InChI=1S/C28H32ClF3N2O2/c1-36-20-7-8-25-21(16-20)26(22(29)17-33-25)23(30)9-10-28(18-35)11-14-34(15-12-28)13-3-5-19-4-2-6-24(31)27(19)32/h2,4,6-8,16-17,23,35H,3,5,9-15,18H2,1H3. The van der Waals surface area contributed by atoms with E-state index in [1.54, 1.807) is 31.4 Å². The van der Waals surface area contributed by atoms with Crippen LogP contribution in [0.25, 0.3) is 10.9 Å². The van der Waals surface area contributed by atoms with Crippen LogP contribution >= 0.6 is 11.6 Å². The number of piperidine rings is 1. The summed E-state index contributed by atoms with van der Waals surface area (Å²) in [7, 11) is 1.56. The van der Waals surface area contributed by atoms with Crippen molar-refractivity contribution in [2.75, 3.05) is 33.4 Å². The van der Waals surface area contributed by atoms with E-state index in [9.17, 15) is 13.9 Å². The van der Waals surface area contributed by atoms with E-state index in [-0.39, 0.29) is 23.5 Å². The van der Waals surface area contributed by atoms with Crippen LogP contribution in [0.1, 0.15) is 49.4 Å². The first-order chi connectivity index (χ1) is 17.4. The van der Waals surface area contributed by atoms with E-state index in [0.29, 0.717) is 40.6 Å². The largest absolute Gasteiger partial charge is 0.497 e. The molecule has 2 heterocycles. The minimum Gasteiger partial charge on any atom is -0.497 e. The summed E-state index contributed by atoms with van der Waals surface area (Å²) in [5, 5.41) is 11.1. The molecule has 36 heavy (non-hydrogen) atoms. The van der Waals surface area contributed by atoms with Gasteiger partial charge in [-0.25, -0.2) is 13.2 Å². The number of rotatable bonds is 10. The van der Waals surface area contributed by atoms with Gasteiger partial charge in [-0.2, -0.15) is 0 Å². The molecule has 1 atom stereocenters. The second kappa shape index (κ2) is 11.8. The second-order valence-electron chi connectivity index (χ2n) is 9.73. The lowest BCUT2D eigenvalue weighted by Crippen LogP contribution is -2.42. The third-order valence-electron chi connectivity index (χ3n) is 7.51. The number of aliphatic hydroxyl groups excluding tert-OH is 1. The Kier molecular flexibility index (Phi) is 8.75. The molecule has 1 unspecified atom stereocenters. The second-order valence-corrected chi connectivity index (χ2v) is 10.1. The number of aliphatic hydroxyl groups is 1. The maximum Gasteiger partial charge on any atom is 0.162 e. The maximum atomic E-state index is 15.6. The van der Waals surface area contributed by atoms with Gasteiger partial charge in [-0.05, 0) is 93.4 Å². The Hall–Kier alpha value is -2.35. The van der Waals surface area contributed by atoms with E-state index in [2.05, 4.69) is 9.88 Å². The Bertz CT molecular complexity index is 1180. The fourth-order valence-electron chi connectivity index (χ4n) is 5.16. The van der Waals surface area contributed by atoms with Crippen molar-refractivity contribution in [3.05, 3.63) is 70.4 Å². The molecule has 8 heteroatoms. The number of aryl methyl sites for hydroxylation is 1. The van der Waals surface area contributed by atoms with Crippen molar-refractivity contribution in [1.82, 2.24) is 9.88 Å². The molecule has 1 N–H and O–H groups in total. The summed E-state index contributed by atoms with van der Waals surface area (Å²) in [4.78, 5) is 6.58. The number of ether oxygens (including phenoxy) is 1. The van der Waals surface area contributed by atoms with Crippen LogP contribution in [0.2, 0.25) is 5.02 Å². The van der Waals surface area contributed by atoms with E-state index in [0.717, 1.165) is 45.0 Å². The number of benzene rings is 2. The zero-order valence-corrected chi connectivity index (χ0v) is 21.2. The number of fused-ring (bicyclic) bond motifs is 1. The molecule has 1 aromatic heterocycles. The van der Waals surface area contributed by atoms with Gasteiger partial charge in [0.1, 0.15) is 11.9 Å². The molecule has 4 rings (SSSR count). The summed E-state index contributed by atoms with van der Waals surface area (Å²) in [6.07, 6.45) is 3.67. The van der Waals surface area contributed by atoms with Gasteiger partial charge in [-0.3, -0.25) is 4.98 Å². The monoisotopic (exact) mass is 520 g/mol. The van der Waals surface area contributed by atoms with E-state index >= 15 is 4.39 Å². The van der Waals surface area contributed by atoms with E-state index in [1.807, 2.05) is 0 Å². The quantitative estimate of drug-likeness (QED) is 0.324. The summed E-state index contributed by atoms with van der Waals surface area (Å²) in [6, 6.07) is 9.60. The number of aromatic nitrogens is 1. The number of hydrogen-bond acceptors (Lipinski definition) is 4. The zero-order chi connectivity index (χ0) is 25.7. The number of nitrogens with zero attached hydrogens (tertiary/aromatic N) is 2. The number of pyridine rings is 1. The van der Waals surface area contributed by atoms with Crippen LogP contribution in [-0.4, -0.2) is 48.3 Å². The molecule has 1 aliphatic rings. The minimum atomic E-state index is -1.29. The van der Waals surface area contributed by atoms with Crippen LogP contribution < -0.4 is 4.74 Å². The molecule has 0 radical (unpaired) electrons. The summed E-state index contributed by atoms with van der Waals surface area (Å²) in [5.74, 6) is -0.972. The smallest absolute Gasteiger partial charge is 0.162 e. The first-order valence-corrected chi connectivity index (χ1v) is 12.8. The van der Waals surface area contributed by atoms with Crippen molar-refractivity contribution in [2.24, 2.45) is 5.41 Å². The van der Waals surface area contributed by atoms with Crippen LogP contribution in [0.15, 0.2) is 42.6 Å². The molecule has 0 bridgehead atoms. The number of likely N-dealkylation sites (tertiary alicyclic amines) is 1. The summed E-state index contributed by atoms with van der Waals surface area (Å²) in [5.41, 5.74) is 1.12. The Morgan fingerprint density at radius 3 is 2.69 bits per heavy atom. The molecule has 0 aliphatic carbocycles. The van der Waals surface area contributed by atoms with Gasteiger partial charge in [-0.15, -0.1) is 0 Å². The van der Waals surface area contributed by atoms with Crippen molar-refractivity contribution in [2.45, 2.75) is 44.7 Å². The predicted molar refractivity (Wildman–Crippen MR) is 136 cm³/mol. The predicted octanol–water partition coefficient (Wildman–Crippen LogP) is 6.67. The lowest BCUT2D eigenvalue weighted by molar-refractivity contribution is 0.0300. The third kappa shape index (κ3) is 5.96. The number of halogens is 4. The van der Waals surface area contributed by atoms with Gasteiger partial charge in [0.25, 0.3) is 0 Å². The molecule has 0 saturated carbocycles. The van der Waals surface area contributed by atoms with Crippen LogP contribution in [0, 0.1) is 17.0 Å². The zero-order valence-electron chi connectivity index (χ0n) is 20.5. The van der Waals surface area contributed by atoms with Crippen LogP contribution in [0.4, 0.5) is 13.2 Å². The van der Waals surface area contributed by atoms with Gasteiger partial charge >= 0.3 is 0 Å². The number of methoxy groups -OCH3 is 1. The first kappa shape index (κ1) is 26.7. The maximum absolute atomic E-state index is 15.6. The van der Waals surface area contributed by atoms with E-state index < -0.39 is 17.8 Å². The Morgan fingerprint density at radius 2 is 1.97 bits per heavy atom. The van der Waals surface area contributed by atoms with Crippen molar-refractivity contribution < 1.29 is 23.0 Å². The molecule has 1 aliphatic heterocycles. The normalized spacial score (nSPS) is 16.8. The van der Waals surface area contributed by atoms with Crippen LogP contribution in [-0.2, 0) is 6.42 Å². The van der Waals surface area contributed by atoms with Crippen molar-refractivity contribution in [3.63, 3.8) is 0 Å². The SMILES string of the molecule is COc1ccc2ncc(Cl)c(C(F)CCC3(CO)CCN(CCCc4cccc(F)c4F)CC3)c2c1. The minimum absolute atomic E-state index is 0.000706. The Morgan fingerprint density at radius 1 is 1.19 bits per heavy atom. The fourth-order valence-corrected chi connectivity index (χ4v) is 5.43. The lowest BCUT2D eigenvalue weighted by atomic mass is 9.74. The fraction of sp³-hybridized carbons (Fsp3) is 0.464. The molecule has 3 aromatic rings. The molecule has 4 nitrogen and oxygen atoms in total. The van der Waals surface area contributed by atoms with Gasteiger partial charge in [0.05, 0.1) is 17.6 Å². The van der Waals surface area contributed by atoms with Crippen molar-refractivity contribution in [1.29, 1.82) is 0 Å². The van der Waals surface area contributed by atoms with Crippen LogP contribution in [0.5, 0.6) is 5.75 Å². The van der Waals surface area contributed by atoms with Gasteiger partial charge in [0.15, 0.2) is 11.6 Å². The summed E-state index contributed by atoms with van der Waals surface area (Å²) < 4.78 is 48.2. The molecule has 2 aromatic carbocycles. The molecule has 1 saturated heterocycles. The summed E-state index contributed by atoms with van der Waals surface area (Å²) in [6.45, 7) is 2.32. The van der Waals surface area contributed by atoms with Gasteiger partial charge < -0.3 is 14.7 Å².